The first-order valence-corrected chi connectivity index (χ1v) is 9.07. The lowest BCUT2D eigenvalue weighted by Crippen LogP contribution is -2.23. The van der Waals surface area contributed by atoms with Crippen LogP contribution in [0.5, 0.6) is 0 Å². The number of carbonyl (C=O) groups excluding carboxylic acids is 2. The molecule has 0 fully saturated rings. The average molecular weight is 352 g/mol. The summed E-state index contributed by atoms with van der Waals surface area (Å²) in [6.07, 6.45) is -0.210. The van der Waals surface area contributed by atoms with Gasteiger partial charge in [-0.2, -0.15) is 0 Å². The Hall–Kier alpha value is -2.62. The Kier molecular flexibility index (Phi) is 6.56. The molecule has 0 spiro atoms. The van der Waals surface area contributed by atoms with Gasteiger partial charge in [-0.05, 0) is 47.6 Å². The van der Waals surface area contributed by atoms with Gasteiger partial charge in [-0.15, -0.1) is 0 Å². The minimum Gasteiger partial charge on any atom is -0.326 e. The van der Waals surface area contributed by atoms with Crippen molar-refractivity contribution >= 4 is 23.2 Å². The molecule has 138 valence electrons. The van der Waals surface area contributed by atoms with Crippen molar-refractivity contribution in [3.05, 3.63) is 59.2 Å². The van der Waals surface area contributed by atoms with Gasteiger partial charge >= 0.3 is 0 Å². The fourth-order valence-electron chi connectivity index (χ4n) is 2.95. The summed E-state index contributed by atoms with van der Waals surface area (Å²) in [6.45, 7) is 10.3. The summed E-state index contributed by atoms with van der Waals surface area (Å²) in [5, 5.41) is 5.74. The van der Waals surface area contributed by atoms with Crippen molar-refractivity contribution < 1.29 is 9.59 Å². The van der Waals surface area contributed by atoms with Crippen molar-refractivity contribution in [3.8, 4) is 0 Å². The Labute approximate surface area is 156 Å². The molecule has 0 bridgehead atoms. The first-order valence-electron chi connectivity index (χ1n) is 9.07. The molecule has 4 nitrogen and oxygen atoms in total. The highest BCUT2D eigenvalue weighted by Gasteiger charge is 2.17. The molecule has 26 heavy (non-hydrogen) atoms. The molecule has 0 saturated carbocycles. The zero-order chi connectivity index (χ0) is 19.3. The maximum absolute atomic E-state index is 12.5. The molecule has 2 amide bonds. The maximum Gasteiger partial charge on any atom is 0.233 e. The molecule has 0 saturated heterocycles. The van der Waals surface area contributed by atoms with Crippen molar-refractivity contribution in [3.63, 3.8) is 0 Å². The molecule has 0 unspecified atom stereocenters. The molecule has 2 aromatic carbocycles. The number of benzene rings is 2. The van der Waals surface area contributed by atoms with Crippen LogP contribution in [0, 0.1) is 6.92 Å². The highest BCUT2D eigenvalue weighted by Crippen LogP contribution is 2.32. The zero-order valence-electron chi connectivity index (χ0n) is 16.2. The lowest BCUT2D eigenvalue weighted by Gasteiger charge is -2.20. The average Bonchev–Trinajstić information content (AvgIpc) is 2.54. The number of anilines is 2. The normalized spacial score (nSPS) is 10.9. The lowest BCUT2D eigenvalue weighted by molar-refractivity contribution is -0.123. The van der Waals surface area contributed by atoms with Crippen molar-refractivity contribution in [2.75, 3.05) is 10.6 Å². The number of aryl methyl sites for hydroxylation is 1. The van der Waals surface area contributed by atoms with Gasteiger partial charge in [0.2, 0.25) is 11.8 Å². The Morgan fingerprint density at radius 2 is 1.38 bits per heavy atom. The minimum absolute atomic E-state index is 0.210. The molecule has 2 N–H and O–H groups in total. The smallest absolute Gasteiger partial charge is 0.233 e. The molecule has 0 aromatic heterocycles. The van der Waals surface area contributed by atoms with Crippen LogP contribution in [-0.2, 0) is 9.59 Å². The van der Waals surface area contributed by atoms with Gasteiger partial charge in [-0.25, -0.2) is 0 Å². The summed E-state index contributed by atoms with van der Waals surface area (Å²) < 4.78 is 0. The van der Waals surface area contributed by atoms with Crippen molar-refractivity contribution in [1.29, 1.82) is 0 Å². The van der Waals surface area contributed by atoms with Gasteiger partial charge in [0.15, 0.2) is 0 Å². The van der Waals surface area contributed by atoms with Crippen LogP contribution >= 0.6 is 0 Å². The number of hydrogen-bond donors (Lipinski definition) is 2. The Balaban J connectivity index is 2.11. The van der Waals surface area contributed by atoms with Gasteiger partial charge in [0.25, 0.3) is 0 Å². The van der Waals surface area contributed by atoms with E-state index in [-0.39, 0.29) is 30.1 Å². The topological polar surface area (TPSA) is 58.2 Å². The monoisotopic (exact) mass is 352 g/mol. The first-order chi connectivity index (χ1) is 12.3. The van der Waals surface area contributed by atoms with E-state index in [2.05, 4.69) is 38.3 Å². The number of nitrogens with one attached hydrogen (secondary N) is 2. The van der Waals surface area contributed by atoms with E-state index in [1.807, 2.05) is 49.4 Å². The highest BCUT2D eigenvalue weighted by molar-refractivity contribution is 6.08. The summed E-state index contributed by atoms with van der Waals surface area (Å²) >= 11 is 0. The maximum atomic E-state index is 12.5. The van der Waals surface area contributed by atoms with Gasteiger partial charge in [0.05, 0.1) is 0 Å². The van der Waals surface area contributed by atoms with Crippen molar-refractivity contribution in [1.82, 2.24) is 0 Å². The fourth-order valence-corrected chi connectivity index (χ4v) is 2.95. The summed E-state index contributed by atoms with van der Waals surface area (Å²) in [4.78, 5) is 24.6. The van der Waals surface area contributed by atoms with Crippen LogP contribution in [0.15, 0.2) is 42.5 Å². The third-order valence-corrected chi connectivity index (χ3v) is 4.26. The second-order valence-electron chi connectivity index (χ2n) is 7.26. The van der Waals surface area contributed by atoms with Crippen molar-refractivity contribution in [2.24, 2.45) is 0 Å². The minimum atomic E-state index is -0.318. The number of amides is 2. The third-order valence-electron chi connectivity index (χ3n) is 4.26. The van der Waals surface area contributed by atoms with E-state index in [9.17, 15) is 9.59 Å². The summed E-state index contributed by atoms with van der Waals surface area (Å²) in [6, 6.07) is 13.6. The van der Waals surface area contributed by atoms with Gasteiger partial charge in [0.1, 0.15) is 6.42 Å². The van der Waals surface area contributed by atoms with Crippen LogP contribution in [0.3, 0.4) is 0 Å². The van der Waals surface area contributed by atoms with E-state index in [0.717, 1.165) is 22.4 Å². The largest absolute Gasteiger partial charge is 0.326 e. The number of hydrogen-bond acceptors (Lipinski definition) is 2. The summed E-state index contributed by atoms with van der Waals surface area (Å²) in [5.41, 5.74) is 4.77. The van der Waals surface area contributed by atoms with E-state index in [4.69, 9.17) is 0 Å². The number of carbonyl (C=O) groups is 2. The zero-order valence-corrected chi connectivity index (χ0v) is 16.2. The van der Waals surface area contributed by atoms with Gasteiger partial charge in [-0.1, -0.05) is 58.0 Å². The molecule has 0 aliphatic rings. The SMILES string of the molecule is Cc1cccc(NC(=O)CC(=O)Nc2c(C(C)C)cccc2C(C)C)c1. The molecule has 2 rings (SSSR count). The summed E-state index contributed by atoms with van der Waals surface area (Å²) in [7, 11) is 0. The quantitative estimate of drug-likeness (QED) is 0.701. The van der Waals surface area contributed by atoms with Crippen LogP contribution in [0.2, 0.25) is 0 Å². The highest BCUT2D eigenvalue weighted by atomic mass is 16.2. The lowest BCUT2D eigenvalue weighted by atomic mass is 9.92. The molecule has 4 heteroatoms. The van der Waals surface area contributed by atoms with Crippen LogP contribution < -0.4 is 10.6 Å². The van der Waals surface area contributed by atoms with Gasteiger partial charge < -0.3 is 10.6 Å². The molecule has 0 aliphatic carbocycles. The number of rotatable bonds is 6. The van der Waals surface area contributed by atoms with E-state index < -0.39 is 0 Å². The first kappa shape index (κ1) is 19.7. The second-order valence-corrected chi connectivity index (χ2v) is 7.26. The standard InChI is InChI=1S/C22H28N2O2/c1-14(2)18-10-7-11-19(15(3)4)22(18)24-21(26)13-20(25)23-17-9-6-8-16(5)12-17/h6-12,14-15H,13H2,1-5H3,(H,23,25)(H,24,26). The predicted octanol–water partition coefficient (Wildman–Crippen LogP) is 5.21. The van der Waals surface area contributed by atoms with E-state index >= 15 is 0 Å². The van der Waals surface area contributed by atoms with E-state index in [1.54, 1.807) is 0 Å². The van der Waals surface area contributed by atoms with Crippen LogP contribution in [0.1, 0.15) is 62.6 Å². The molecule has 0 aliphatic heterocycles. The number of para-hydroxylation sites is 1. The molecule has 0 atom stereocenters. The Morgan fingerprint density at radius 1 is 0.846 bits per heavy atom. The molecule has 2 aromatic rings. The predicted molar refractivity (Wildman–Crippen MR) is 108 cm³/mol. The van der Waals surface area contributed by atoms with Crippen molar-refractivity contribution in [2.45, 2.75) is 52.9 Å². The fraction of sp³-hybridized carbons (Fsp3) is 0.364. The van der Waals surface area contributed by atoms with E-state index in [0.29, 0.717) is 5.69 Å². The molecular formula is C22H28N2O2. The van der Waals surface area contributed by atoms with Crippen LogP contribution in [-0.4, -0.2) is 11.8 Å². The summed E-state index contributed by atoms with van der Waals surface area (Å²) in [5.74, 6) is -0.0541. The second kappa shape index (κ2) is 8.65. The molecule has 0 radical (unpaired) electrons. The van der Waals surface area contributed by atoms with Gasteiger partial charge in [0, 0.05) is 11.4 Å². The Morgan fingerprint density at radius 3 is 1.92 bits per heavy atom. The third kappa shape index (κ3) is 5.19. The molecule has 0 heterocycles. The van der Waals surface area contributed by atoms with E-state index in [1.165, 1.54) is 0 Å². The van der Waals surface area contributed by atoms with Crippen LogP contribution in [0.25, 0.3) is 0 Å². The molecular weight excluding hydrogens is 324 g/mol. The van der Waals surface area contributed by atoms with Gasteiger partial charge in [-0.3, -0.25) is 9.59 Å². The Bertz CT molecular complexity index is 768. The van der Waals surface area contributed by atoms with Crippen LogP contribution in [0.4, 0.5) is 11.4 Å².